The van der Waals surface area contributed by atoms with Gasteiger partial charge in [0, 0.05) is 34.7 Å². The quantitative estimate of drug-likeness (QED) is 0.340. The highest BCUT2D eigenvalue weighted by Gasteiger charge is 2.30. The van der Waals surface area contributed by atoms with Gasteiger partial charge in [0.2, 0.25) is 12.1 Å². The van der Waals surface area contributed by atoms with Crippen LogP contribution in [0.1, 0.15) is 43.0 Å². The monoisotopic (exact) mass is 520 g/mol. The predicted molar refractivity (Wildman–Crippen MR) is 152 cm³/mol. The molecule has 0 bridgehead atoms. The number of carbonyl (C=O) groups is 2. The van der Waals surface area contributed by atoms with Crippen LogP contribution in [0.2, 0.25) is 0 Å². The van der Waals surface area contributed by atoms with Crippen molar-refractivity contribution in [3.8, 4) is 17.0 Å². The second kappa shape index (κ2) is 9.98. The van der Waals surface area contributed by atoms with Crippen molar-refractivity contribution in [1.29, 1.82) is 0 Å². The molecule has 0 radical (unpaired) electrons. The van der Waals surface area contributed by atoms with Gasteiger partial charge in [-0.1, -0.05) is 36.4 Å². The highest BCUT2D eigenvalue weighted by Crippen LogP contribution is 2.45. The fourth-order valence-electron chi connectivity index (χ4n) is 6.19. The number of amides is 1. The molecule has 39 heavy (non-hydrogen) atoms. The lowest BCUT2D eigenvalue weighted by molar-refractivity contribution is -0.120. The Bertz CT molecular complexity index is 1550. The maximum Gasteiger partial charge on any atom is 0.241 e. The summed E-state index contributed by atoms with van der Waals surface area (Å²) >= 11 is 0. The van der Waals surface area contributed by atoms with Gasteiger partial charge in [-0.05, 0) is 74.7 Å². The molecule has 7 heteroatoms. The third-order valence-electron chi connectivity index (χ3n) is 8.19. The Hall–Kier alpha value is -3.94. The first-order valence-corrected chi connectivity index (χ1v) is 13.9. The first-order chi connectivity index (χ1) is 19.1. The molecule has 1 amide bonds. The molecule has 4 heterocycles. The van der Waals surface area contributed by atoms with E-state index in [4.69, 9.17) is 4.74 Å². The van der Waals surface area contributed by atoms with E-state index in [1.807, 2.05) is 36.4 Å². The van der Waals surface area contributed by atoms with Crippen LogP contribution in [0.5, 0.6) is 5.75 Å². The summed E-state index contributed by atoms with van der Waals surface area (Å²) in [5.74, 6) is 0.986. The smallest absolute Gasteiger partial charge is 0.241 e. The fourth-order valence-corrected chi connectivity index (χ4v) is 6.19. The van der Waals surface area contributed by atoms with Crippen LogP contribution in [0.15, 0.2) is 72.8 Å². The number of ether oxygens (including phenoxy) is 1. The number of fused-ring (bicyclic) bond motifs is 5. The van der Waals surface area contributed by atoms with E-state index in [0.29, 0.717) is 6.42 Å². The van der Waals surface area contributed by atoms with E-state index in [1.54, 1.807) is 0 Å². The van der Waals surface area contributed by atoms with Gasteiger partial charge in [-0.25, -0.2) is 0 Å². The molecule has 4 aromatic rings. The highest BCUT2D eigenvalue weighted by molar-refractivity contribution is 5.96. The van der Waals surface area contributed by atoms with Gasteiger partial charge in [0.15, 0.2) is 5.78 Å². The number of hydrogen-bond donors (Lipinski definition) is 3. The number of carbonyl (C=O) groups excluding carboxylic acids is 2. The largest absolute Gasteiger partial charge is 0.465 e. The summed E-state index contributed by atoms with van der Waals surface area (Å²) in [4.78, 5) is 25.5. The Morgan fingerprint density at radius 2 is 1.69 bits per heavy atom. The van der Waals surface area contributed by atoms with E-state index in [-0.39, 0.29) is 30.0 Å². The van der Waals surface area contributed by atoms with Crippen molar-refractivity contribution in [2.45, 2.75) is 50.4 Å². The molecule has 0 saturated carbocycles. The van der Waals surface area contributed by atoms with Crippen LogP contribution >= 0.6 is 0 Å². The molecule has 7 rings (SSSR count). The van der Waals surface area contributed by atoms with Gasteiger partial charge in [-0.15, -0.1) is 0 Å². The summed E-state index contributed by atoms with van der Waals surface area (Å²) in [6.45, 7) is 1.80. The van der Waals surface area contributed by atoms with Gasteiger partial charge in [-0.3, -0.25) is 9.59 Å². The average Bonchev–Trinajstić information content (AvgIpc) is 3.74. The van der Waals surface area contributed by atoms with E-state index >= 15 is 0 Å². The Morgan fingerprint density at radius 3 is 2.46 bits per heavy atom. The number of nitrogens with one attached hydrogen (secondary N) is 3. The van der Waals surface area contributed by atoms with Gasteiger partial charge >= 0.3 is 0 Å². The maximum atomic E-state index is 12.8. The number of rotatable bonds is 6. The second-order valence-corrected chi connectivity index (χ2v) is 10.8. The molecular weight excluding hydrogens is 488 g/mol. The molecule has 0 spiro atoms. The zero-order valence-corrected chi connectivity index (χ0v) is 21.8. The topological polar surface area (TPSA) is 84.4 Å². The summed E-state index contributed by atoms with van der Waals surface area (Å²) in [6, 6.07) is 24.4. The Morgan fingerprint density at radius 1 is 0.897 bits per heavy atom. The predicted octanol–water partition coefficient (Wildman–Crippen LogP) is 4.80. The van der Waals surface area contributed by atoms with Crippen LogP contribution in [0.4, 0.5) is 5.69 Å². The lowest BCUT2D eigenvalue weighted by Gasteiger charge is -2.30. The number of aromatic nitrogens is 1. The van der Waals surface area contributed by atoms with E-state index in [9.17, 15) is 9.59 Å². The van der Waals surface area contributed by atoms with E-state index in [0.717, 1.165) is 83.5 Å². The third kappa shape index (κ3) is 4.51. The third-order valence-corrected chi connectivity index (χ3v) is 8.19. The molecule has 3 aliphatic rings. The van der Waals surface area contributed by atoms with Gasteiger partial charge < -0.3 is 25.3 Å². The molecule has 2 fully saturated rings. The van der Waals surface area contributed by atoms with Crippen LogP contribution in [-0.4, -0.2) is 41.4 Å². The molecule has 1 aromatic heterocycles. The van der Waals surface area contributed by atoms with Crippen molar-refractivity contribution >= 4 is 28.3 Å². The number of benzene rings is 3. The number of nitrogens with zero attached hydrogens (tertiary/aromatic N) is 1. The molecule has 198 valence electrons. The molecule has 0 aliphatic carbocycles. The lowest BCUT2D eigenvalue weighted by Crippen LogP contribution is -2.35. The second-order valence-electron chi connectivity index (χ2n) is 10.8. The summed E-state index contributed by atoms with van der Waals surface area (Å²) in [7, 11) is 0. The van der Waals surface area contributed by atoms with E-state index in [2.05, 4.69) is 56.9 Å². The van der Waals surface area contributed by atoms with Crippen molar-refractivity contribution in [1.82, 2.24) is 15.2 Å². The normalized spacial score (nSPS) is 21.8. The van der Waals surface area contributed by atoms with E-state index < -0.39 is 0 Å². The minimum atomic E-state index is -0.358. The van der Waals surface area contributed by atoms with Crippen LogP contribution in [0.25, 0.3) is 22.2 Å². The minimum absolute atomic E-state index is 0.00753. The average molecular weight is 521 g/mol. The first-order valence-electron chi connectivity index (χ1n) is 13.9. The molecule has 7 nitrogen and oxygen atoms in total. The SMILES string of the molecule is O=C(Cc1ccc2c(c1)cc1n2C(c2ccccc2)Oc2cc(NC(=O)[C@@H]3CCCN3)ccc2-1)[C@@H]1CCCN1. The van der Waals surface area contributed by atoms with Gasteiger partial charge in [0.25, 0.3) is 0 Å². The Kier molecular flexibility index (Phi) is 6.18. The van der Waals surface area contributed by atoms with Crippen LogP contribution in [0, 0.1) is 0 Å². The number of ketones is 1. The summed E-state index contributed by atoms with van der Waals surface area (Å²) in [5, 5.41) is 10.7. The summed E-state index contributed by atoms with van der Waals surface area (Å²) < 4.78 is 8.89. The van der Waals surface area contributed by atoms with Gasteiger partial charge in [0.1, 0.15) is 5.75 Å². The zero-order chi connectivity index (χ0) is 26.3. The molecule has 1 unspecified atom stereocenters. The number of anilines is 1. The summed E-state index contributed by atoms with van der Waals surface area (Å²) in [5.41, 5.74) is 5.88. The number of hydrogen-bond acceptors (Lipinski definition) is 5. The van der Waals surface area contributed by atoms with E-state index in [1.165, 1.54) is 0 Å². The summed E-state index contributed by atoms with van der Waals surface area (Å²) in [6.07, 6.45) is 3.93. The molecule has 3 aliphatic heterocycles. The Balaban J connectivity index is 1.26. The van der Waals surface area contributed by atoms with Crippen molar-refractivity contribution in [3.05, 3.63) is 83.9 Å². The maximum absolute atomic E-state index is 12.8. The van der Waals surface area contributed by atoms with Crippen molar-refractivity contribution in [2.24, 2.45) is 0 Å². The highest BCUT2D eigenvalue weighted by atomic mass is 16.5. The zero-order valence-electron chi connectivity index (χ0n) is 21.8. The van der Waals surface area contributed by atoms with Gasteiger partial charge in [-0.2, -0.15) is 0 Å². The molecule has 3 atom stereocenters. The minimum Gasteiger partial charge on any atom is -0.465 e. The molecule has 2 saturated heterocycles. The van der Waals surface area contributed by atoms with Crippen LogP contribution in [0.3, 0.4) is 0 Å². The van der Waals surface area contributed by atoms with Crippen LogP contribution < -0.4 is 20.7 Å². The van der Waals surface area contributed by atoms with Crippen molar-refractivity contribution in [2.75, 3.05) is 18.4 Å². The van der Waals surface area contributed by atoms with Crippen molar-refractivity contribution in [3.63, 3.8) is 0 Å². The standard InChI is InChI=1S/C32H32N4O3/c37-29(25-8-4-14-33-25)17-20-10-13-27-22(16-20)18-28-24-12-11-23(35-31(38)26-9-5-15-34-26)19-30(24)39-32(36(27)28)21-6-2-1-3-7-21/h1-3,6-7,10-13,16,18-19,25-26,32-34H,4-5,8-9,14-15,17H2,(H,35,38)/t25-,26-,32?/m0/s1. The van der Waals surface area contributed by atoms with Crippen molar-refractivity contribution < 1.29 is 14.3 Å². The molecule has 3 aromatic carbocycles. The lowest BCUT2D eigenvalue weighted by atomic mass is 10.0. The Labute approximate surface area is 227 Å². The van der Waals surface area contributed by atoms with Crippen LogP contribution in [-0.2, 0) is 16.0 Å². The molecule has 3 N–H and O–H groups in total. The number of Topliss-reactive ketones (excluding diaryl/α,β-unsaturated/α-hetero) is 1. The molecular formula is C32H32N4O3. The van der Waals surface area contributed by atoms with Gasteiger partial charge in [0.05, 0.1) is 23.3 Å². The fraction of sp³-hybridized carbons (Fsp3) is 0.312. The first kappa shape index (κ1) is 24.1.